The molecule has 0 spiro atoms. The topological polar surface area (TPSA) is 53.1 Å². The van der Waals surface area contributed by atoms with Gasteiger partial charge < -0.3 is 4.98 Å². The number of aromatic nitrogens is 2. The van der Waals surface area contributed by atoms with Crippen molar-refractivity contribution >= 4 is 45.6 Å². The predicted molar refractivity (Wildman–Crippen MR) is 81.3 cm³/mol. The van der Waals surface area contributed by atoms with E-state index in [-0.39, 0.29) is 0 Å². The number of aromatic amines is 1. The van der Waals surface area contributed by atoms with Gasteiger partial charge in [0.2, 0.25) is 5.95 Å². The van der Waals surface area contributed by atoms with Gasteiger partial charge in [-0.1, -0.05) is 23.7 Å². The van der Waals surface area contributed by atoms with Crippen molar-refractivity contribution in [2.24, 2.45) is 5.10 Å². The Bertz CT molecular complexity index is 711. The molecule has 1 aromatic carbocycles. The molecule has 19 heavy (non-hydrogen) atoms. The average Bonchev–Trinajstić information content (AvgIpc) is 3.01. The molecule has 0 fully saturated rings. The number of hydrazone groups is 1. The Kier molecular flexibility index (Phi) is 3.23. The highest BCUT2D eigenvalue weighted by atomic mass is 35.5. The Labute approximate surface area is 119 Å². The third-order valence-electron chi connectivity index (χ3n) is 2.65. The van der Waals surface area contributed by atoms with Gasteiger partial charge in [-0.3, -0.25) is 0 Å². The maximum atomic E-state index is 5.90. The molecule has 0 amide bonds. The zero-order valence-electron chi connectivity index (χ0n) is 10.1. The number of benzene rings is 1. The molecule has 2 N–H and O–H groups in total. The number of thiophene rings is 1. The van der Waals surface area contributed by atoms with Crippen molar-refractivity contribution in [2.45, 2.75) is 6.92 Å². The van der Waals surface area contributed by atoms with Crippen molar-refractivity contribution in [1.82, 2.24) is 9.97 Å². The second-order valence-corrected chi connectivity index (χ2v) is 5.73. The molecule has 2 aromatic heterocycles. The first-order valence-corrected chi connectivity index (χ1v) is 6.92. The van der Waals surface area contributed by atoms with Crippen LogP contribution in [0.1, 0.15) is 11.8 Å². The number of hydrogen-bond donors (Lipinski definition) is 2. The number of nitrogens with zero attached hydrogens (tertiary/aromatic N) is 2. The van der Waals surface area contributed by atoms with E-state index >= 15 is 0 Å². The molecule has 96 valence electrons. The van der Waals surface area contributed by atoms with E-state index in [0.29, 0.717) is 5.95 Å². The molecule has 0 bridgehead atoms. The van der Waals surface area contributed by atoms with Crippen molar-refractivity contribution in [1.29, 1.82) is 0 Å². The molecule has 0 unspecified atom stereocenters. The Morgan fingerprint density at radius 3 is 2.89 bits per heavy atom. The molecule has 0 aliphatic heterocycles. The number of nitrogens with one attached hydrogen (secondary N) is 2. The van der Waals surface area contributed by atoms with Crippen LogP contribution in [0.5, 0.6) is 0 Å². The van der Waals surface area contributed by atoms with Gasteiger partial charge in [-0.25, -0.2) is 10.4 Å². The standard InChI is InChI=1S/C13H11ClN4S/c1-8(11-6-7-12(14)19-11)17-18-13-15-9-4-2-3-5-10(9)16-13/h2-7H,1H3,(H2,15,16,18)/b17-8-. The van der Waals surface area contributed by atoms with Crippen LogP contribution in [-0.4, -0.2) is 15.7 Å². The minimum atomic E-state index is 0.628. The molecular weight excluding hydrogens is 280 g/mol. The van der Waals surface area contributed by atoms with Crippen LogP contribution in [0.3, 0.4) is 0 Å². The molecule has 4 nitrogen and oxygen atoms in total. The highest BCUT2D eigenvalue weighted by Gasteiger charge is 2.03. The smallest absolute Gasteiger partial charge is 0.222 e. The van der Waals surface area contributed by atoms with E-state index in [1.165, 1.54) is 11.3 Å². The number of hydrogen-bond acceptors (Lipinski definition) is 4. The van der Waals surface area contributed by atoms with Crippen LogP contribution >= 0.6 is 22.9 Å². The number of imidazole rings is 1. The summed E-state index contributed by atoms with van der Waals surface area (Å²) in [6.45, 7) is 1.93. The Balaban J connectivity index is 1.81. The lowest BCUT2D eigenvalue weighted by Gasteiger charge is -1.97. The molecule has 3 aromatic rings. The summed E-state index contributed by atoms with van der Waals surface area (Å²) in [6.07, 6.45) is 0. The average molecular weight is 291 g/mol. The third kappa shape index (κ3) is 2.62. The maximum absolute atomic E-state index is 5.90. The van der Waals surface area contributed by atoms with Crippen LogP contribution < -0.4 is 5.43 Å². The molecule has 0 aliphatic rings. The van der Waals surface area contributed by atoms with Gasteiger partial charge in [0.25, 0.3) is 0 Å². The first-order chi connectivity index (χ1) is 9.22. The fourth-order valence-electron chi connectivity index (χ4n) is 1.71. The van der Waals surface area contributed by atoms with Gasteiger partial charge in [0.1, 0.15) is 0 Å². The zero-order valence-corrected chi connectivity index (χ0v) is 11.7. The quantitative estimate of drug-likeness (QED) is 0.563. The van der Waals surface area contributed by atoms with Crippen molar-refractivity contribution in [3.8, 4) is 0 Å². The van der Waals surface area contributed by atoms with Gasteiger partial charge in [-0.15, -0.1) is 11.3 Å². The molecule has 0 atom stereocenters. The second kappa shape index (κ2) is 5.03. The van der Waals surface area contributed by atoms with E-state index in [4.69, 9.17) is 11.6 Å². The van der Waals surface area contributed by atoms with Crippen molar-refractivity contribution < 1.29 is 0 Å². The van der Waals surface area contributed by atoms with E-state index in [0.717, 1.165) is 26.0 Å². The number of rotatable bonds is 3. The Morgan fingerprint density at radius 1 is 1.32 bits per heavy atom. The number of anilines is 1. The van der Waals surface area contributed by atoms with Crippen molar-refractivity contribution in [2.75, 3.05) is 5.43 Å². The summed E-state index contributed by atoms with van der Waals surface area (Å²) >= 11 is 7.40. The molecule has 0 saturated heterocycles. The summed E-state index contributed by atoms with van der Waals surface area (Å²) < 4.78 is 0.758. The summed E-state index contributed by atoms with van der Waals surface area (Å²) in [5.74, 6) is 0.628. The van der Waals surface area contributed by atoms with E-state index in [1.807, 2.05) is 43.3 Å². The number of halogens is 1. The first-order valence-electron chi connectivity index (χ1n) is 5.73. The lowest BCUT2D eigenvalue weighted by Crippen LogP contribution is -1.98. The molecule has 2 heterocycles. The first kappa shape index (κ1) is 12.2. The lowest BCUT2D eigenvalue weighted by atomic mass is 10.3. The Hall–Kier alpha value is -1.85. The van der Waals surface area contributed by atoms with Crippen LogP contribution in [0.4, 0.5) is 5.95 Å². The van der Waals surface area contributed by atoms with Gasteiger partial charge in [-0.2, -0.15) is 5.10 Å². The summed E-state index contributed by atoms with van der Waals surface area (Å²) in [6, 6.07) is 11.7. The fraction of sp³-hybridized carbons (Fsp3) is 0.0769. The third-order valence-corrected chi connectivity index (χ3v) is 3.99. The molecular formula is C13H11ClN4S. The Morgan fingerprint density at radius 2 is 2.16 bits per heavy atom. The molecule has 6 heteroatoms. The van der Waals surface area contributed by atoms with Gasteiger partial charge in [0.15, 0.2) is 0 Å². The lowest BCUT2D eigenvalue weighted by molar-refractivity contribution is 1.21. The number of H-pyrrole nitrogens is 1. The van der Waals surface area contributed by atoms with Gasteiger partial charge in [0.05, 0.1) is 26.0 Å². The van der Waals surface area contributed by atoms with Crippen LogP contribution in [0, 0.1) is 0 Å². The molecule has 0 radical (unpaired) electrons. The maximum Gasteiger partial charge on any atom is 0.222 e. The largest absolute Gasteiger partial charge is 0.323 e. The molecule has 0 saturated carbocycles. The highest BCUT2D eigenvalue weighted by molar-refractivity contribution is 7.18. The van der Waals surface area contributed by atoms with Crippen LogP contribution in [-0.2, 0) is 0 Å². The van der Waals surface area contributed by atoms with E-state index < -0.39 is 0 Å². The summed E-state index contributed by atoms with van der Waals surface area (Å²) in [4.78, 5) is 8.58. The molecule has 3 rings (SSSR count). The zero-order chi connectivity index (χ0) is 13.2. The minimum Gasteiger partial charge on any atom is -0.323 e. The van der Waals surface area contributed by atoms with E-state index in [2.05, 4.69) is 20.5 Å². The summed E-state index contributed by atoms with van der Waals surface area (Å²) in [5, 5.41) is 4.30. The van der Waals surface area contributed by atoms with Gasteiger partial charge in [0, 0.05) is 0 Å². The van der Waals surface area contributed by atoms with Crippen molar-refractivity contribution in [3.63, 3.8) is 0 Å². The fourth-order valence-corrected chi connectivity index (χ4v) is 2.69. The van der Waals surface area contributed by atoms with Gasteiger partial charge in [-0.05, 0) is 31.2 Å². The second-order valence-electron chi connectivity index (χ2n) is 4.02. The predicted octanol–water partition coefficient (Wildman–Crippen LogP) is 4.11. The normalized spacial score (nSPS) is 12.0. The van der Waals surface area contributed by atoms with Crippen LogP contribution in [0.25, 0.3) is 11.0 Å². The SMILES string of the molecule is C/C(=N/Nc1nc2ccccc2[nH]1)c1ccc(Cl)s1. The summed E-state index contributed by atoms with van der Waals surface area (Å²) in [5.41, 5.74) is 5.70. The highest BCUT2D eigenvalue weighted by Crippen LogP contribution is 2.22. The number of fused-ring (bicyclic) bond motifs is 1. The van der Waals surface area contributed by atoms with Crippen LogP contribution in [0.2, 0.25) is 4.34 Å². The van der Waals surface area contributed by atoms with E-state index in [1.54, 1.807) is 0 Å². The number of para-hydroxylation sites is 2. The van der Waals surface area contributed by atoms with Gasteiger partial charge >= 0.3 is 0 Å². The minimum absolute atomic E-state index is 0.628. The molecule has 0 aliphatic carbocycles. The summed E-state index contributed by atoms with van der Waals surface area (Å²) in [7, 11) is 0. The van der Waals surface area contributed by atoms with Crippen molar-refractivity contribution in [3.05, 3.63) is 45.6 Å². The van der Waals surface area contributed by atoms with Crippen LogP contribution in [0.15, 0.2) is 41.5 Å². The van der Waals surface area contributed by atoms with E-state index in [9.17, 15) is 0 Å². The monoisotopic (exact) mass is 290 g/mol.